The minimum absolute atomic E-state index is 0.0563. The molecule has 1 aliphatic rings. The van der Waals surface area contributed by atoms with Gasteiger partial charge in [-0.05, 0) is 37.3 Å². The highest BCUT2D eigenvalue weighted by Crippen LogP contribution is 2.23. The van der Waals surface area contributed by atoms with Crippen LogP contribution in [0, 0.1) is 0 Å². The van der Waals surface area contributed by atoms with Crippen molar-refractivity contribution in [2.45, 2.75) is 13.0 Å². The highest BCUT2D eigenvalue weighted by atomic mass is 35.5. The molecular weight excluding hydrogens is 397 g/mol. The number of para-hydroxylation sites is 1. The maximum atomic E-state index is 12.6. The van der Waals surface area contributed by atoms with E-state index in [4.69, 9.17) is 27.9 Å². The number of amides is 1. The molecule has 2 aromatic carbocycles. The number of halogens is 2. The van der Waals surface area contributed by atoms with Gasteiger partial charge in [0, 0.05) is 48.5 Å². The lowest BCUT2D eigenvalue weighted by atomic mass is 10.2. The summed E-state index contributed by atoms with van der Waals surface area (Å²) in [5.41, 5.74) is 0.617. The van der Waals surface area contributed by atoms with E-state index in [0.29, 0.717) is 22.3 Å². The van der Waals surface area contributed by atoms with Crippen molar-refractivity contribution in [2.75, 3.05) is 44.6 Å². The van der Waals surface area contributed by atoms with Crippen molar-refractivity contribution in [3.63, 3.8) is 0 Å². The average Bonchev–Trinajstić information content (AvgIpc) is 2.68. The number of nitrogens with one attached hydrogen (secondary N) is 1. The fraction of sp³-hybridized carbons (Fsp3) is 0.381. The largest absolute Gasteiger partial charge is 0.492 e. The highest BCUT2D eigenvalue weighted by molar-refractivity contribution is 6.35. The van der Waals surface area contributed by atoms with Gasteiger partial charge in [0.25, 0.3) is 0 Å². The summed E-state index contributed by atoms with van der Waals surface area (Å²) in [6, 6.07) is 14.7. The van der Waals surface area contributed by atoms with Crippen molar-refractivity contribution in [3.8, 4) is 5.75 Å². The number of carbonyl (C=O) groups excluding carboxylic acids is 1. The summed E-state index contributed by atoms with van der Waals surface area (Å²) in [6.07, 6.45) is 0. The molecule has 150 valence electrons. The van der Waals surface area contributed by atoms with Crippen LogP contribution in [0.2, 0.25) is 10.0 Å². The number of carbonyl (C=O) groups is 1. The van der Waals surface area contributed by atoms with Crippen LogP contribution in [-0.2, 0) is 4.79 Å². The molecule has 0 unspecified atom stereocenters. The fourth-order valence-electron chi connectivity index (χ4n) is 3.22. The number of nitrogens with zero attached hydrogens (tertiary/aromatic N) is 2. The lowest BCUT2D eigenvalue weighted by molar-refractivity contribution is -0.121. The van der Waals surface area contributed by atoms with Gasteiger partial charge < -0.3 is 10.1 Å². The molecule has 0 aliphatic carbocycles. The van der Waals surface area contributed by atoms with Gasteiger partial charge in [-0.3, -0.25) is 14.6 Å². The maximum absolute atomic E-state index is 12.6. The Morgan fingerprint density at radius 1 is 1.07 bits per heavy atom. The van der Waals surface area contributed by atoms with Gasteiger partial charge in [-0.1, -0.05) is 41.4 Å². The molecule has 1 aliphatic heterocycles. The van der Waals surface area contributed by atoms with Crippen molar-refractivity contribution in [1.82, 2.24) is 9.80 Å². The average molecular weight is 422 g/mol. The van der Waals surface area contributed by atoms with Gasteiger partial charge in [0.2, 0.25) is 5.91 Å². The fourth-order valence-corrected chi connectivity index (χ4v) is 3.75. The summed E-state index contributed by atoms with van der Waals surface area (Å²) in [7, 11) is 0. The second-order valence-corrected chi connectivity index (χ2v) is 7.74. The second-order valence-electron chi connectivity index (χ2n) is 6.86. The standard InChI is InChI=1S/C21H25Cl2N3O2/c1-16(21(27)24-19-14-17(22)13-18(23)15-19)26-9-7-25(8-10-26)11-12-28-20-5-3-2-4-6-20/h2-6,13-16H,7-12H2,1H3,(H,24,27)/t16-/m0/s1. The second kappa shape index (κ2) is 10.1. The first-order valence-electron chi connectivity index (χ1n) is 9.42. The highest BCUT2D eigenvalue weighted by Gasteiger charge is 2.25. The zero-order chi connectivity index (χ0) is 19.9. The van der Waals surface area contributed by atoms with Crippen LogP contribution in [-0.4, -0.2) is 61.1 Å². The van der Waals surface area contributed by atoms with E-state index in [9.17, 15) is 4.79 Å². The van der Waals surface area contributed by atoms with Gasteiger partial charge in [-0.25, -0.2) is 0 Å². The number of hydrogen-bond acceptors (Lipinski definition) is 4. The first kappa shape index (κ1) is 20.9. The van der Waals surface area contributed by atoms with Crippen molar-refractivity contribution < 1.29 is 9.53 Å². The van der Waals surface area contributed by atoms with Crippen molar-refractivity contribution >= 4 is 34.8 Å². The SMILES string of the molecule is C[C@@H](C(=O)Nc1cc(Cl)cc(Cl)c1)N1CCN(CCOc2ccccc2)CC1. The van der Waals surface area contributed by atoms with Gasteiger partial charge >= 0.3 is 0 Å². The molecular formula is C21H25Cl2N3O2. The van der Waals surface area contributed by atoms with Gasteiger partial charge in [0.15, 0.2) is 0 Å². The molecule has 0 spiro atoms. The predicted molar refractivity (Wildman–Crippen MR) is 115 cm³/mol. The molecule has 1 atom stereocenters. The first-order valence-corrected chi connectivity index (χ1v) is 10.2. The normalized spacial score (nSPS) is 16.5. The van der Waals surface area contributed by atoms with Crippen molar-refractivity contribution in [1.29, 1.82) is 0 Å². The predicted octanol–water partition coefficient (Wildman–Crippen LogP) is 4.02. The van der Waals surface area contributed by atoms with E-state index in [1.54, 1.807) is 18.2 Å². The van der Waals surface area contributed by atoms with E-state index in [-0.39, 0.29) is 11.9 Å². The Bertz CT molecular complexity index is 760. The van der Waals surface area contributed by atoms with Crippen LogP contribution in [0.1, 0.15) is 6.92 Å². The van der Waals surface area contributed by atoms with Gasteiger partial charge in [-0.2, -0.15) is 0 Å². The van der Waals surface area contributed by atoms with Crippen LogP contribution >= 0.6 is 23.2 Å². The third-order valence-electron chi connectivity index (χ3n) is 4.88. The Kier molecular flexibility index (Phi) is 7.57. The van der Waals surface area contributed by atoms with Gasteiger partial charge in [0.1, 0.15) is 12.4 Å². The number of anilines is 1. The van der Waals surface area contributed by atoms with E-state index in [1.807, 2.05) is 37.3 Å². The maximum Gasteiger partial charge on any atom is 0.241 e. The van der Waals surface area contributed by atoms with Crippen molar-refractivity contribution in [2.24, 2.45) is 0 Å². The van der Waals surface area contributed by atoms with Crippen LogP contribution in [0.15, 0.2) is 48.5 Å². The summed E-state index contributed by atoms with van der Waals surface area (Å²) in [5, 5.41) is 3.90. The lowest BCUT2D eigenvalue weighted by Gasteiger charge is -2.37. The Morgan fingerprint density at radius 2 is 1.71 bits per heavy atom. The van der Waals surface area contributed by atoms with Crippen LogP contribution in [0.5, 0.6) is 5.75 Å². The van der Waals surface area contributed by atoms with E-state index in [1.165, 1.54) is 0 Å². The molecule has 0 aromatic heterocycles. The Morgan fingerprint density at radius 3 is 2.36 bits per heavy atom. The van der Waals surface area contributed by atoms with Crippen LogP contribution in [0.25, 0.3) is 0 Å². The number of piperazine rings is 1. The molecule has 1 amide bonds. The Labute approximate surface area is 176 Å². The quantitative estimate of drug-likeness (QED) is 0.732. The molecule has 5 nitrogen and oxygen atoms in total. The lowest BCUT2D eigenvalue weighted by Crippen LogP contribution is -2.53. The van der Waals surface area contributed by atoms with Gasteiger partial charge in [-0.15, -0.1) is 0 Å². The molecule has 0 saturated carbocycles. The van der Waals surface area contributed by atoms with Crippen LogP contribution in [0.3, 0.4) is 0 Å². The third-order valence-corrected chi connectivity index (χ3v) is 5.32. The number of hydrogen-bond donors (Lipinski definition) is 1. The van der Waals surface area contributed by atoms with Crippen LogP contribution < -0.4 is 10.1 Å². The Hall–Kier alpha value is -1.79. The van der Waals surface area contributed by atoms with E-state index < -0.39 is 0 Å². The van der Waals surface area contributed by atoms with E-state index in [0.717, 1.165) is 38.5 Å². The summed E-state index contributed by atoms with van der Waals surface area (Å²) < 4.78 is 5.77. The molecule has 1 N–H and O–H groups in total. The molecule has 7 heteroatoms. The zero-order valence-corrected chi connectivity index (χ0v) is 17.4. The summed E-state index contributed by atoms with van der Waals surface area (Å²) >= 11 is 12.0. The summed E-state index contributed by atoms with van der Waals surface area (Å²) in [4.78, 5) is 17.1. The molecule has 0 radical (unpaired) electrons. The minimum Gasteiger partial charge on any atom is -0.492 e. The van der Waals surface area contributed by atoms with Crippen LogP contribution in [0.4, 0.5) is 5.69 Å². The Balaban J connectivity index is 1.41. The molecule has 28 heavy (non-hydrogen) atoms. The summed E-state index contributed by atoms with van der Waals surface area (Å²) in [5.74, 6) is 0.840. The van der Waals surface area contributed by atoms with Gasteiger partial charge in [0.05, 0.1) is 6.04 Å². The number of benzene rings is 2. The molecule has 1 saturated heterocycles. The van der Waals surface area contributed by atoms with E-state index >= 15 is 0 Å². The van der Waals surface area contributed by atoms with Crippen molar-refractivity contribution in [3.05, 3.63) is 58.6 Å². The topological polar surface area (TPSA) is 44.8 Å². The monoisotopic (exact) mass is 421 g/mol. The zero-order valence-electron chi connectivity index (χ0n) is 15.9. The van der Waals surface area contributed by atoms with E-state index in [2.05, 4.69) is 15.1 Å². The minimum atomic E-state index is -0.222. The molecule has 0 bridgehead atoms. The molecule has 1 heterocycles. The smallest absolute Gasteiger partial charge is 0.241 e. The third kappa shape index (κ3) is 6.11. The molecule has 1 fully saturated rings. The molecule has 2 aromatic rings. The summed E-state index contributed by atoms with van der Waals surface area (Å²) in [6.45, 7) is 6.99. The molecule has 3 rings (SSSR count). The number of rotatable bonds is 7. The number of ether oxygens (including phenoxy) is 1. The first-order chi connectivity index (χ1) is 13.5.